The predicted molar refractivity (Wildman–Crippen MR) is 118 cm³/mol. The largest absolute Gasteiger partial charge is 0.573 e. The van der Waals surface area contributed by atoms with Crippen LogP contribution >= 0.6 is 0 Å². The van der Waals surface area contributed by atoms with Crippen molar-refractivity contribution in [3.63, 3.8) is 0 Å². The lowest BCUT2D eigenvalue weighted by Crippen LogP contribution is -2.57. The number of primary amides is 1. The van der Waals surface area contributed by atoms with Gasteiger partial charge in [-0.3, -0.25) is 14.8 Å². The maximum absolute atomic E-state index is 14.7. The van der Waals surface area contributed by atoms with Crippen LogP contribution in [0.25, 0.3) is 22.8 Å². The second kappa shape index (κ2) is 9.06. The van der Waals surface area contributed by atoms with Crippen molar-refractivity contribution in [1.82, 2.24) is 19.9 Å². The lowest BCUT2D eigenvalue weighted by molar-refractivity contribution is -0.274. The van der Waals surface area contributed by atoms with Gasteiger partial charge in [0.2, 0.25) is 0 Å². The van der Waals surface area contributed by atoms with E-state index in [9.17, 15) is 22.4 Å². The smallest absolute Gasteiger partial charge is 0.403 e. The van der Waals surface area contributed by atoms with Gasteiger partial charge in [-0.1, -0.05) is 0 Å². The maximum Gasteiger partial charge on any atom is 0.573 e. The van der Waals surface area contributed by atoms with Gasteiger partial charge in [0.05, 0.1) is 18.4 Å². The van der Waals surface area contributed by atoms with Crippen LogP contribution < -0.4 is 21.1 Å². The Labute approximate surface area is 197 Å². The monoisotopic (exact) mass is 491 g/mol. The average molecular weight is 491 g/mol. The Morgan fingerprint density at radius 3 is 2.46 bits per heavy atom. The number of piperidine rings is 1. The van der Waals surface area contributed by atoms with E-state index in [1.54, 1.807) is 24.0 Å². The fourth-order valence-electron chi connectivity index (χ4n) is 3.70. The fourth-order valence-corrected chi connectivity index (χ4v) is 3.70. The molecule has 35 heavy (non-hydrogen) atoms. The molecular formula is C22H21F4N7O2. The lowest BCUT2D eigenvalue weighted by Gasteiger charge is -2.41. The van der Waals surface area contributed by atoms with E-state index in [0.717, 1.165) is 12.3 Å². The van der Waals surface area contributed by atoms with Crippen LogP contribution in [0.5, 0.6) is 5.75 Å². The Morgan fingerprint density at radius 1 is 1.11 bits per heavy atom. The molecule has 0 bridgehead atoms. The first-order valence-electron chi connectivity index (χ1n) is 10.5. The second-order valence-electron chi connectivity index (χ2n) is 8.26. The number of halogens is 4. The molecule has 4 heterocycles. The number of hydrogen-bond donors (Lipinski definition) is 2. The third-order valence-electron chi connectivity index (χ3n) is 5.61. The van der Waals surface area contributed by atoms with Crippen molar-refractivity contribution in [3.8, 4) is 28.5 Å². The molecule has 3 aromatic heterocycles. The number of amides is 1. The van der Waals surface area contributed by atoms with Crippen molar-refractivity contribution in [3.05, 3.63) is 48.5 Å². The summed E-state index contributed by atoms with van der Waals surface area (Å²) in [7, 11) is 0. The van der Waals surface area contributed by atoms with E-state index in [2.05, 4.69) is 24.7 Å². The van der Waals surface area contributed by atoms with E-state index in [-0.39, 0.29) is 35.0 Å². The summed E-state index contributed by atoms with van der Waals surface area (Å²) in [6.07, 6.45) is -2.23. The van der Waals surface area contributed by atoms with Gasteiger partial charge < -0.3 is 21.1 Å². The number of carbonyl (C=O) groups is 1. The number of alkyl halides is 4. The molecule has 1 amide bonds. The highest BCUT2D eigenvalue weighted by molar-refractivity contribution is 5.92. The first kappa shape index (κ1) is 24.3. The quantitative estimate of drug-likeness (QED) is 0.521. The molecule has 0 spiro atoms. The first-order chi connectivity index (χ1) is 16.5. The predicted octanol–water partition coefficient (Wildman–Crippen LogP) is 2.86. The molecule has 0 saturated carbocycles. The average Bonchev–Trinajstić information content (AvgIpc) is 2.80. The summed E-state index contributed by atoms with van der Waals surface area (Å²) in [5.41, 5.74) is 10.2. The first-order valence-corrected chi connectivity index (χ1v) is 10.5. The molecule has 2 atom stereocenters. The van der Waals surface area contributed by atoms with Crippen LogP contribution in [0.3, 0.4) is 0 Å². The van der Waals surface area contributed by atoms with Gasteiger partial charge in [-0.15, -0.1) is 13.2 Å². The summed E-state index contributed by atoms with van der Waals surface area (Å²) < 4.78 is 58.0. The summed E-state index contributed by atoms with van der Waals surface area (Å²) in [5.74, 6) is -1.60. The lowest BCUT2D eigenvalue weighted by atomic mass is 9.88. The number of aromatic nitrogens is 4. The van der Waals surface area contributed by atoms with Crippen LogP contribution in [0, 0.1) is 0 Å². The van der Waals surface area contributed by atoms with E-state index < -0.39 is 29.7 Å². The van der Waals surface area contributed by atoms with Crippen molar-refractivity contribution < 1.29 is 27.1 Å². The van der Waals surface area contributed by atoms with Crippen LogP contribution in [0.4, 0.5) is 23.2 Å². The van der Waals surface area contributed by atoms with Crippen molar-refractivity contribution in [2.45, 2.75) is 31.4 Å². The maximum atomic E-state index is 14.7. The Morgan fingerprint density at radius 2 is 1.80 bits per heavy atom. The van der Waals surface area contributed by atoms with Crippen LogP contribution in [0.1, 0.15) is 23.8 Å². The van der Waals surface area contributed by atoms with Gasteiger partial charge in [0.15, 0.2) is 5.75 Å². The molecule has 4 N–H and O–H groups in total. The zero-order valence-corrected chi connectivity index (χ0v) is 18.5. The van der Waals surface area contributed by atoms with Gasteiger partial charge in [-0.2, -0.15) is 0 Å². The van der Waals surface area contributed by atoms with Crippen LogP contribution in [-0.2, 0) is 0 Å². The number of rotatable bonds is 5. The molecular weight excluding hydrogens is 470 g/mol. The number of nitrogens with two attached hydrogens (primary N) is 2. The molecule has 184 valence electrons. The number of pyridine rings is 2. The Kier molecular flexibility index (Phi) is 6.28. The molecule has 1 saturated heterocycles. The number of ether oxygens (including phenoxy) is 1. The summed E-state index contributed by atoms with van der Waals surface area (Å²) in [5, 5.41) is 0. The van der Waals surface area contributed by atoms with Crippen molar-refractivity contribution in [1.29, 1.82) is 0 Å². The summed E-state index contributed by atoms with van der Waals surface area (Å²) in [4.78, 5) is 30.2. The van der Waals surface area contributed by atoms with Crippen molar-refractivity contribution in [2.24, 2.45) is 11.5 Å². The molecule has 1 aliphatic rings. The van der Waals surface area contributed by atoms with Gasteiger partial charge in [-0.05, 0) is 37.6 Å². The van der Waals surface area contributed by atoms with Gasteiger partial charge >= 0.3 is 6.36 Å². The molecule has 13 heteroatoms. The van der Waals surface area contributed by atoms with Crippen LogP contribution in [-0.4, -0.2) is 57.0 Å². The molecule has 0 aromatic carbocycles. The fraction of sp³-hybridized carbons (Fsp3) is 0.318. The SMILES string of the molecule is C[C@@]1(N)CCN(c2cccnc2-c2ncc(C(N)=O)nc2-c2ncccc2OC(F)(F)F)C[C@@H]1F. The summed E-state index contributed by atoms with van der Waals surface area (Å²) in [6.45, 7) is 2.01. The number of hydrogen-bond acceptors (Lipinski definition) is 8. The number of carbonyl (C=O) groups excluding carboxylic acids is 1. The zero-order chi connectivity index (χ0) is 25.4. The summed E-state index contributed by atoms with van der Waals surface area (Å²) in [6, 6.07) is 5.61. The second-order valence-corrected chi connectivity index (χ2v) is 8.26. The normalized spacial score (nSPS) is 20.5. The highest BCUT2D eigenvalue weighted by atomic mass is 19.4. The van der Waals surface area contributed by atoms with Crippen molar-refractivity contribution >= 4 is 11.6 Å². The summed E-state index contributed by atoms with van der Waals surface area (Å²) >= 11 is 0. The molecule has 0 radical (unpaired) electrons. The van der Waals surface area contributed by atoms with Crippen LogP contribution in [0.2, 0.25) is 0 Å². The topological polar surface area (TPSA) is 133 Å². The molecule has 4 rings (SSSR count). The molecule has 0 unspecified atom stereocenters. The van der Waals surface area contributed by atoms with Crippen LogP contribution in [0.15, 0.2) is 42.9 Å². The third kappa shape index (κ3) is 5.14. The van der Waals surface area contributed by atoms with Gasteiger partial charge in [0.25, 0.3) is 5.91 Å². The minimum atomic E-state index is -5.01. The molecule has 1 aliphatic heterocycles. The van der Waals surface area contributed by atoms with E-state index in [0.29, 0.717) is 18.7 Å². The van der Waals surface area contributed by atoms with E-state index in [4.69, 9.17) is 11.5 Å². The third-order valence-corrected chi connectivity index (χ3v) is 5.61. The zero-order valence-electron chi connectivity index (χ0n) is 18.5. The van der Waals surface area contributed by atoms with Gasteiger partial charge in [0.1, 0.15) is 34.6 Å². The number of nitrogens with zero attached hydrogens (tertiary/aromatic N) is 5. The number of anilines is 1. The van der Waals surface area contributed by atoms with E-state index >= 15 is 0 Å². The Balaban J connectivity index is 1.88. The molecule has 9 nitrogen and oxygen atoms in total. The Bertz CT molecular complexity index is 1250. The van der Waals surface area contributed by atoms with E-state index in [1.807, 2.05) is 0 Å². The van der Waals surface area contributed by atoms with E-state index in [1.165, 1.54) is 18.5 Å². The highest BCUT2D eigenvalue weighted by Crippen LogP contribution is 2.39. The minimum absolute atomic E-state index is 0.00724. The standard InChI is InChI=1S/C22H21F4N7O2/c1-21(28)6-9-33(11-15(21)23)13-4-2-7-29-16(13)18-19(32-12(10-31-18)20(27)34)17-14(5-3-8-30-17)35-22(24,25)26/h2-5,7-8,10,15H,6,9,11,28H2,1H3,(H2,27,34)/t15-,21+/m0/s1. The highest BCUT2D eigenvalue weighted by Gasteiger charge is 2.38. The Hall–Kier alpha value is -3.87. The molecule has 3 aromatic rings. The van der Waals surface area contributed by atoms with Crippen molar-refractivity contribution in [2.75, 3.05) is 18.0 Å². The minimum Gasteiger partial charge on any atom is -0.403 e. The van der Waals surface area contributed by atoms with Gasteiger partial charge in [0, 0.05) is 24.5 Å². The molecule has 1 fully saturated rings. The molecule has 0 aliphatic carbocycles. The van der Waals surface area contributed by atoms with Gasteiger partial charge in [-0.25, -0.2) is 14.4 Å².